The number of amidine groups is 1. The number of nitrogens with one attached hydrogen (secondary N) is 1. The molecule has 0 aromatic carbocycles. The van der Waals surface area contributed by atoms with Gasteiger partial charge < -0.3 is 5.32 Å². The summed E-state index contributed by atoms with van der Waals surface area (Å²) in [4.78, 5) is 4.74. The summed E-state index contributed by atoms with van der Waals surface area (Å²) in [7, 11) is 0. The highest BCUT2D eigenvalue weighted by Gasteiger charge is 2.33. The number of rotatable bonds is 6. The Hall–Kier alpha value is -0.180. The van der Waals surface area contributed by atoms with Crippen LogP contribution in [-0.4, -0.2) is 23.0 Å². The molecular weight excluding hydrogens is 240 g/mol. The van der Waals surface area contributed by atoms with Crippen molar-refractivity contribution in [2.24, 2.45) is 10.9 Å². The molecule has 3 heteroatoms. The zero-order valence-corrected chi connectivity index (χ0v) is 12.8. The molecule has 1 N–H and O–H groups in total. The number of hydrogen-bond acceptors (Lipinski definition) is 2. The van der Waals surface area contributed by atoms with E-state index in [1.165, 1.54) is 62.3 Å². The summed E-state index contributed by atoms with van der Waals surface area (Å²) in [6, 6.07) is 0. The largest absolute Gasteiger partial charge is 0.359 e. The van der Waals surface area contributed by atoms with Crippen LogP contribution in [0.15, 0.2) is 4.99 Å². The van der Waals surface area contributed by atoms with Crippen LogP contribution in [0, 0.1) is 5.92 Å². The third-order valence-electron chi connectivity index (χ3n) is 4.71. The first-order valence-corrected chi connectivity index (χ1v) is 8.72. The van der Waals surface area contributed by atoms with E-state index in [0.717, 1.165) is 12.5 Å². The Balaban J connectivity index is 1.67. The molecule has 1 saturated carbocycles. The fourth-order valence-corrected chi connectivity index (χ4v) is 4.45. The van der Waals surface area contributed by atoms with Gasteiger partial charge in [-0.05, 0) is 31.6 Å². The van der Waals surface area contributed by atoms with Gasteiger partial charge in [0.05, 0.1) is 0 Å². The molecule has 0 radical (unpaired) electrons. The number of aliphatic imine (C=N–C) groups is 1. The SMILES string of the molecule is CCC1(CC)CSC(=NCCCC2CCCC2)N1. The highest BCUT2D eigenvalue weighted by atomic mass is 32.2. The van der Waals surface area contributed by atoms with Gasteiger partial charge in [0.25, 0.3) is 0 Å². The monoisotopic (exact) mass is 268 g/mol. The van der Waals surface area contributed by atoms with Crippen LogP contribution >= 0.6 is 11.8 Å². The van der Waals surface area contributed by atoms with E-state index in [9.17, 15) is 0 Å². The van der Waals surface area contributed by atoms with Crippen molar-refractivity contribution in [3.8, 4) is 0 Å². The van der Waals surface area contributed by atoms with Crippen LogP contribution in [0.5, 0.6) is 0 Å². The fourth-order valence-electron chi connectivity index (χ4n) is 3.08. The average Bonchev–Trinajstić information content (AvgIpc) is 3.05. The van der Waals surface area contributed by atoms with Crippen LogP contribution in [0.25, 0.3) is 0 Å². The molecule has 1 aliphatic heterocycles. The standard InChI is InChI=1S/C15H28N2S/c1-3-15(4-2)12-18-14(17-15)16-11-7-10-13-8-5-6-9-13/h13H,3-12H2,1-2H3,(H,16,17). The lowest BCUT2D eigenvalue weighted by molar-refractivity contribution is 0.407. The molecule has 1 heterocycles. The van der Waals surface area contributed by atoms with E-state index < -0.39 is 0 Å². The molecule has 0 spiro atoms. The Morgan fingerprint density at radius 1 is 1.28 bits per heavy atom. The third-order valence-corrected chi connectivity index (χ3v) is 5.91. The van der Waals surface area contributed by atoms with Gasteiger partial charge in [0, 0.05) is 17.8 Å². The molecule has 0 aromatic rings. The minimum Gasteiger partial charge on any atom is -0.359 e. The smallest absolute Gasteiger partial charge is 0.157 e. The van der Waals surface area contributed by atoms with Gasteiger partial charge in [-0.1, -0.05) is 51.3 Å². The van der Waals surface area contributed by atoms with Gasteiger partial charge in [0.15, 0.2) is 5.17 Å². The first kappa shape index (κ1) is 14.2. The van der Waals surface area contributed by atoms with Gasteiger partial charge in [-0.2, -0.15) is 0 Å². The molecule has 1 saturated heterocycles. The maximum atomic E-state index is 4.74. The highest BCUT2D eigenvalue weighted by Crippen LogP contribution is 2.30. The number of thioether (sulfide) groups is 1. The van der Waals surface area contributed by atoms with Gasteiger partial charge in [0.1, 0.15) is 0 Å². The van der Waals surface area contributed by atoms with Gasteiger partial charge in [-0.3, -0.25) is 4.99 Å². The van der Waals surface area contributed by atoms with Crippen LogP contribution in [0.2, 0.25) is 0 Å². The van der Waals surface area contributed by atoms with Crippen molar-refractivity contribution in [2.75, 3.05) is 12.3 Å². The first-order valence-electron chi connectivity index (χ1n) is 7.73. The Morgan fingerprint density at radius 2 is 2.00 bits per heavy atom. The van der Waals surface area contributed by atoms with Crippen molar-refractivity contribution < 1.29 is 0 Å². The maximum Gasteiger partial charge on any atom is 0.157 e. The Kier molecular flexibility index (Phi) is 5.40. The molecule has 104 valence electrons. The van der Waals surface area contributed by atoms with Crippen LogP contribution in [0.3, 0.4) is 0 Å². The quantitative estimate of drug-likeness (QED) is 0.730. The molecule has 1 aliphatic carbocycles. The van der Waals surface area contributed by atoms with Gasteiger partial charge in [-0.25, -0.2) is 0 Å². The second-order valence-electron chi connectivity index (χ2n) is 5.88. The van der Waals surface area contributed by atoms with Gasteiger partial charge in [0.2, 0.25) is 0 Å². The molecule has 18 heavy (non-hydrogen) atoms. The van der Waals surface area contributed by atoms with Crippen LogP contribution < -0.4 is 5.32 Å². The van der Waals surface area contributed by atoms with Crippen molar-refractivity contribution in [3.63, 3.8) is 0 Å². The lowest BCUT2D eigenvalue weighted by Crippen LogP contribution is -2.42. The van der Waals surface area contributed by atoms with Crippen molar-refractivity contribution in [1.29, 1.82) is 0 Å². The normalized spacial score (nSPS) is 25.8. The molecule has 2 fully saturated rings. The summed E-state index contributed by atoms with van der Waals surface area (Å²) in [6.07, 6.45) is 11.0. The van der Waals surface area contributed by atoms with Crippen molar-refractivity contribution >= 4 is 16.9 Å². The number of nitrogens with zero attached hydrogens (tertiary/aromatic N) is 1. The zero-order chi connectivity index (χ0) is 12.8. The van der Waals surface area contributed by atoms with E-state index in [-0.39, 0.29) is 0 Å². The lowest BCUT2D eigenvalue weighted by Gasteiger charge is -2.25. The zero-order valence-electron chi connectivity index (χ0n) is 12.0. The summed E-state index contributed by atoms with van der Waals surface area (Å²) in [5.74, 6) is 2.21. The van der Waals surface area contributed by atoms with Crippen LogP contribution in [0.1, 0.15) is 65.2 Å². The molecule has 0 unspecified atom stereocenters. The van der Waals surface area contributed by atoms with Gasteiger partial charge >= 0.3 is 0 Å². The summed E-state index contributed by atoms with van der Waals surface area (Å²) in [5, 5.41) is 4.84. The maximum absolute atomic E-state index is 4.74. The molecule has 0 bridgehead atoms. The molecule has 0 atom stereocenters. The molecular formula is C15H28N2S. The average molecular weight is 268 g/mol. The Labute approximate surface area is 116 Å². The predicted octanol–water partition coefficient (Wildman–Crippen LogP) is 4.21. The second-order valence-corrected chi connectivity index (χ2v) is 6.84. The van der Waals surface area contributed by atoms with E-state index in [0.29, 0.717) is 5.54 Å². The minimum absolute atomic E-state index is 0.328. The molecule has 0 amide bonds. The Bertz CT molecular complexity index is 278. The van der Waals surface area contributed by atoms with E-state index in [4.69, 9.17) is 4.99 Å². The third kappa shape index (κ3) is 3.66. The van der Waals surface area contributed by atoms with E-state index in [1.807, 2.05) is 11.8 Å². The summed E-state index contributed by atoms with van der Waals surface area (Å²) >= 11 is 1.92. The van der Waals surface area contributed by atoms with Crippen LogP contribution in [-0.2, 0) is 0 Å². The van der Waals surface area contributed by atoms with Crippen molar-refractivity contribution in [2.45, 2.75) is 70.8 Å². The van der Waals surface area contributed by atoms with Crippen molar-refractivity contribution in [3.05, 3.63) is 0 Å². The van der Waals surface area contributed by atoms with E-state index >= 15 is 0 Å². The first-order chi connectivity index (χ1) is 8.78. The topological polar surface area (TPSA) is 24.4 Å². The highest BCUT2D eigenvalue weighted by molar-refractivity contribution is 8.14. The summed E-state index contributed by atoms with van der Waals surface area (Å²) in [6.45, 7) is 5.58. The predicted molar refractivity (Wildman–Crippen MR) is 82.4 cm³/mol. The lowest BCUT2D eigenvalue weighted by atomic mass is 9.96. The Morgan fingerprint density at radius 3 is 2.61 bits per heavy atom. The van der Waals surface area contributed by atoms with Crippen molar-refractivity contribution in [1.82, 2.24) is 5.32 Å². The summed E-state index contributed by atoms with van der Waals surface area (Å²) in [5.41, 5.74) is 0.328. The fraction of sp³-hybridized carbons (Fsp3) is 0.933. The second kappa shape index (κ2) is 6.83. The van der Waals surface area contributed by atoms with E-state index in [2.05, 4.69) is 19.2 Å². The molecule has 2 nitrogen and oxygen atoms in total. The minimum atomic E-state index is 0.328. The molecule has 2 rings (SSSR count). The van der Waals surface area contributed by atoms with Crippen LogP contribution in [0.4, 0.5) is 0 Å². The van der Waals surface area contributed by atoms with Gasteiger partial charge in [-0.15, -0.1) is 0 Å². The van der Waals surface area contributed by atoms with E-state index in [1.54, 1.807) is 0 Å². The number of hydrogen-bond donors (Lipinski definition) is 1. The molecule has 0 aromatic heterocycles. The summed E-state index contributed by atoms with van der Waals surface area (Å²) < 4.78 is 0. The molecule has 2 aliphatic rings.